The van der Waals surface area contributed by atoms with Crippen LogP contribution in [0.15, 0.2) is 0 Å². The number of carbonyl (C=O) groups excluding carboxylic acids is 2. The van der Waals surface area contributed by atoms with Crippen molar-refractivity contribution in [2.75, 3.05) is 26.2 Å². The van der Waals surface area contributed by atoms with E-state index in [0.29, 0.717) is 26.2 Å². The van der Waals surface area contributed by atoms with Crippen LogP contribution < -0.4 is 5.73 Å². The molecule has 1 heterocycles. The largest absolute Gasteiger partial charge is 0.339 e. The number of piperazine rings is 1. The molecule has 1 saturated heterocycles. The summed E-state index contributed by atoms with van der Waals surface area (Å²) < 4.78 is 0. The Kier molecular flexibility index (Phi) is 5.59. The van der Waals surface area contributed by atoms with Crippen LogP contribution in [0.5, 0.6) is 0 Å². The molecule has 0 bridgehead atoms. The van der Waals surface area contributed by atoms with Gasteiger partial charge in [0.25, 0.3) is 0 Å². The van der Waals surface area contributed by atoms with Gasteiger partial charge in [0.15, 0.2) is 0 Å². The second-order valence-corrected chi connectivity index (χ2v) is 5.20. The van der Waals surface area contributed by atoms with Gasteiger partial charge in [0.1, 0.15) is 0 Å². The molecule has 104 valence electrons. The first kappa shape index (κ1) is 15.0. The van der Waals surface area contributed by atoms with Crippen molar-refractivity contribution < 1.29 is 9.59 Å². The predicted molar refractivity (Wildman–Crippen MR) is 70.9 cm³/mol. The van der Waals surface area contributed by atoms with Gasteiger partial charge in [0.2, 0.25) is 11.8 Å². The smallest absolute Gasteiger partial charge is 0.239 e. The zero-order chi connectivity index (χ0) is 13.7. The first-order valence-corrected chi connectivity index (χ1v) is 6.80. The number of nitrogens with zero attached hydrogens (tertiary/aromatic N) is 2. The summed E-state index contributed by atoms with van der Waals surface area (Å²) in [5, 5.41) is 0. The van der Waals surface area contributed by atoms with Gasteiger partial charge < -0.3 is 15.5 Å². The molecule has 0 unspecified atom stereocenters. The average Bonchev–Trinajstić information content (AvgIpc) is 2.37. The summed E-state index contributed by atoms with van der Waals surface area (Å²) in [4.78, 5) is 27.4. The maximum absolute atomic E-state index is 12.0. The van der Waals surface area contributed by atoms with Crippen LogP contribution in [0.25, 0.3) is 0 Å². The third-order valence-corrected chi connectivity index (χ3v) is 3.31. The Bertz CT molecular complexity index is 297. The summed E-state index contributed by atoms with van der Waals surface area (Å²) >= 11 is 0. The van der Waals surface area contributed by atoms with E-state index in [0.717, 1.165) is 12.8 Å². The lowest BCUT2D eigenvalue weighted by molar-refractivity contribution is -0.142. The van der Waals surface area contributed by atoms with Crippen molar-refractivity contribution in [3.63, 3.8) is 0 Å². The first-order valence-electron chi connectivity index (χ1n) is 6.80. The van der Waals surface area contributed by atoms with E-state index in [1.807, 2.05) is 25.7 Å². The molecule has 1 fully saturated rings. The normalized spacial score (nSPS) is 18.1. The van der Waals surface area contributed by atoms with Gasteiger partial charge in [-0.2, -0.15) is 0 Å². The molecule has 0 spiro atoms. The van der Waals surface area contributed by atoms with E-state index in [4.69, 9.17) is 5.73 Å². The highest BCUT2D eigenvalue weighted by Crippen LogP contribution is 2.09. The Balaban J connectivity index is 2.44. The fourth-order valence-corrected chi connectivity index (χ4v) is 2.18. The fraction of sp³-hybridized carbons (Fsp3) is 0.846. The number of rotatable bonds is 4. The van der Waals surface area contributed by atoms with Crippen LogP contribution in [0.2, 0.25) is 0 Å². The molecule has 2 amide bonds. The van der Waals surface area contributed by atoms with Gasteiger partial charge in [0, 0.05) is 32.1 Å². The second-order valence-electron chi connectivity index (χ2n) is 5.20. The minimum Gasteiger partial charge on any atom is -0.339 e. The molecule has 2 N–H and O–H groups in total. The Labute approximate surface area is 109 Å². The molecule has 1 rings (SSSR count). The molecule has 0 aromatic heterocycles. The number of amides is 2. The van der Waals surface area contributed by atoms with Crippen LogP contribution in [0.4, 0.5) is 0 Å². The van der Waals surface area contributed by atoms with E-state index in [1.54, 1.807) is 4.90 Å². The quantitative estimate of drug-likeness (QED) is 0.792. The molecule has 0 radical (unpaired) electrons. The highest BCUT2D eigenvalue weighted by atomic mass is 16.2. The van der Waals surface area contributed by atoms with Crippen molar-refractivity contribution >= 4 is 11.8 Å². The van der Waals surface area contributed by atoms with Crippen LogP contribution in [0, 0.1) is 5.92 Å². The summed E-state index contributed by atoms with van der Waals surface area (Å²) in [6.45, 7) is 8.28. The Morgan fingerprint density at radius 2 is 1.50 bits per heavy atom. The molecular formula is C13H25N3O2. The van der Waals surface area contributed by atoms with E-state index in [2.05, 4.69) is 0 Å². The second kappa shape index (κ2) is 6.73. The average molecular weight is 255 g/mol. The maximum atomic E-state index is 12.0. The van der Waals surface area contributed by atoms with Crippen molar-refractivity contribution in [3.05, 3.63) is 0 Å². The van der Waals surface area contributed by atoms with Gasteiger partial charge in [0.05, 0.1) is 6.04 Å². The summed E-state index contributed by atoms with van der Waals surface area (Å²) in [7, 11) is 0. The summed E-state index contributed by atoms with van der Waals surface area (Å²) in [6, 6.07) is -0.387. The van der Waals surface area contributed by atoms with Crippen molar-refractivity contribution in [2.24, 2.45) is 11.7 Å². The third-order valence-electron chi connectivity index (χ3n) is 3.31. The number of hydrogen-bond donors (Lipinski definition) is 1. The standard InChI is InChI=1S/C13H25N3O2/c1-4-5-11(14)13(18)16-8-6-15(7-9-16)12(17)10(2)3/h10-11H,4-9,14H2,1-3H3/t11-/m0/s1. The van der Waals surface area contributed by atoms with Crippen molar-refractivity contribution in [1.29, 1.82) is 0 Å². The van der Waals surface area contributed by atoms with Crippen LogP contribution in [-0.4, -0.2) is 53.8 Å². The van der Waals surface area contributed by atoms with Crippen LogP contribution in [-0.2, 0) is 9.59 Å². The fourth-order valence-electron chi connectivity index (χ4n) is 2.18. The van der Waals surface area contributed by atoms with Gasteiger partial charge in [-0.3, -0.25) is 9.59 Å². The highest BCUT2D eigenvalue weighted by Gasteiger charge is 2.27. The van der Waals surface area contributed by atoms with Crippen LogP contribution >= 0.6 is 0 Å². The van der Waals surface area contributed by atoms with Crippen molar-refractivity contribution in [2.45, 2.75) is 39.7 Å². The predicted octanol–water partition coefficient (Wildman–Crippen LogP) is 0.441. The van der Waals surface area contributed by atoms with Crippen LogP contribution in [0.3, 0.4) is 0 Å². The molecule has 1 atom stereocenters. The molecule has 0 saturated carbocycles. The lowest BCUT2D eigenvalue weighted by Gasteiger charge is -2.36. The third kappa shape index (κ3) is 3.70. The molecule has 0 aromatic carbocycles. The lowest BCUT2D eigenvalue weighted by Crippen LogP contribution is -2.54. The monoisotopic (exact) mass is 255 g/mol. The van der Waals surface area contributed by atoms with Crippen molar-refractivity contribution in [3.8, 4) is 0 Å². The molecule has 1 aliphatic heterocycles. The Morgan fingerprint density at radius 3 is 1.89 bits per heavy atom. The van der Waals surface area contributed by atoms with Gasteiger partial charge in [-0.15, -0.1) is 0 Å². The van der Waals surface area contributed by atoms with Crippen molar-refractivity contribution in [1.82, 2.24) is 9.80 Å². The van der Waals surface area contributed by atoms with Gasteiger partial charge in [-0.1, -0.05) is 27.2 Å². The molecule has 1 aliphatic rings. The topological polar surface area (TPSA) is 66.6 Å². The first-order chi connectivity index (χ1) is 8.47. The maximum Gasteiger partial charge on any atom is 0.239 e. The number of hydrogen-bond acceptors (Lipinski definition) is 3. The van der Waals surface area contributed by atoms with Gasteiger partial charge in [-0.05, 0) is 6.42 Å². The van der Waals surface area contributed by atoms with Gasteiger partial charge >= 0.3 is 0 Å². The molecule has 5 nitrogen and oxygen atoms in total. The van der Waals surface area contributed by atoms with Crippen LogP contribution in [0.1, 0.15) is 33.6 Å². The van der Waals surface area contributed by atoms with E-state index < -0.39 is 0 Å². The Morgan fingerprint density at radius 1 is 1.06 bits per heavy atom. The summed E-state index contributed by atoms with van der Waals surface area (Å²) in [5.74, 6) is 0.211. The molecule has 5 heteroatoms. The molecule has 18 heavy (non-hydrogen) atoms. The summed E-state index contributed by atoms with van der Waals surface area (Å²) in [6.07, 6.45) is 1.64. The number of carbonyl (C=O) groups is 2. The molecule has 0 aliphatic carbocycles. The molecular weight excluding hydrogens is 230 g/mol. The minimum absolute atomic E-state index is 0.0218. The SMILES string of the molecule is CCC[C@H](N)C(=O)N1CCN(C(=O)C(C)C)CC1. The zero-order valence-electron chi connectivity index (χ0n) is 11.7. The van der Waals surface area contributed by atoms with E-state index in [9.17, 15) is 9.59 Å². The summed E-state index contributed by atoms with van der Waals surface area (Å²) in [5.41, 5.74) is 5.83. The molecule has 0 aromatic rings. The van der Waals surface area contributed by atoms with Gasteiger partial charge in [-0.25, -0.2) is 0 Å². The number of nitrogens with two attached hydrogens (primary N) is 1. The highest BCUT2D eigenvalue weighted by molar-refractivity contribution is 5.82. The lowest BCUT2D eigenvalue weighted by atomic mass is 10.1. The Hall–Kier alpha value is -1.10. The van der Waals surface area contributed by atoms with E-state index in [-0.39, 0.29) is 23.8 Å². The van der Waals surface area contributed by atoms with E-state index >= 15 is 0 Å². The minimum atomic E-state index is -0.387. The van der Waals surface area contributed by atoms with E-state index in [1.165, 1.54) is 0 Å². The zero-order valence-corrected chi connectivity index (χ0v) is 11.7.